The maximum Gasteiger partial charge on any atom is 0.511 e. The summed E-state index contributed by atoms with van der Waals surface area (Å²) in [5, 5.41) is 6.15. The molecular formula is C29H35ClN6O7. The Morgan fingerprint density at radius 2 is 1.81 bits per heavy atom. The highest BCUT2D eigenvalue weighted by atomic mass is 35.5. The van der Waals surface area contributed by atoms with E-state index in [-0.39, 0.29) is 36.4 Å². The van der Waals surface area contributed by atoms with Crippen molar-refractivity contribution in [2.45, 2.75) is 65.5 Å². The molecule has 1 fully saturated rings. The Hall–Kier alpha value is -4.23. The number of pyridine rings is 1. The van der Waals surface area contributed by atoms with Gasteiger partial charge < -0.3 is 34.3 Å². The highest BCUT2D eigenvalue weighted by Gasteiger charge is 2.26. The van der Waals surface area contributed by atoms with Crippen LogP contribution in [0.3, 0.4) is 0 Å². The molecule has 1 aliphatic heterocycles. The average molecular weight is 615 g/mol. The van der Waals surface area contributed by atoms with E-state index in [1.54, 1.807) is 25.1 Å². The van der Waals surface area contributed by atoms with Crippen LogP contribution in [0, 0.1) is 0 Å². The van der Waals surface area contributed by atoms with Crippen LogP contribution in [0.5, 0.6) is 0 Å². The minimum Gasteiger partial charge on any atom is -0.435 e. The highest BCUT2D eigenvalue weighted by molar-refractivity contribution is 6.30. The van der Waals surface area contributed by atoms with Crippen LogP contribution in [0.2, 0.25) is 5.02 Å². The number of rotatable bonds is 10. The summed E-state index contributed by atoms with van der Waals surface area (Å²) in [5.41, 5.74) is 0.845. The molecule has 0 aliphatic carbocycles. The first kappa shape index (κ1) is 31.7. The zero-order valence-electron chi connectivity index (χ0n) is 24.5. The van der Waals surface area contributed by atoms with Crippen LogP contribution in [0.4, 0.5) is 10.6 Å². The molecule has 1 unspecified atom stereocenters. The molecule has 2 N–H and O–H groups in total. The van der Waals surface area contributed by atoms with E-state index in [0.29, 0.717) is 22.1 Å². The third-order valence-corrected chi connectivity index (χ3v) is 7.10. The van der Waals surface area contributed by atoms with E-state index in [1.165, 1.54) is 29.8 Å². The van der Waals surface area contributed by atoms with Gasteiger partial charge in [-0.05, 0) is 63.9 Å². The molecule has 4 rings (SSSR count). The predicted molar refractivity (Wildman–Crippen MR) is 158 cm³/mol. The Morgan fingerprint density at radius 3 is 2.47 bits per heavy atom. The van der Waals surface area contributed by atoms with E-state index < -0.39 is 30.2 Å². The largest absolute Gasteiger partial charge is 0.511 e. The lowest BCUT2D eigenvalue weighted by Gasteiger charge is -2.34. The molecule has 230 valence electrons. The molecule has 14 heteroatoms. The zero-order valence-corrected chi connectivity index (χ0v) is 25.2. The number of aromatic nitrogens is 3. The molecule has 1 saturated heterocycles. The number of hydrogen-bond donors (Lipinski definition) is 2. The van der Waals surface area contributed by atoms with Gasteiger partial charge in [-0.3, -0.25) is 9.59 Å². The van der Waals surface area contributed by atoms with Crippen LogP contribution in [0.1, 0.15) is 61.5 Å². The fraction of sp³-hybridized carbons (Fsp3) is 0.448. The van der Waals surface area contributed by atoms with Crippen LogP contribution >= 0.6 is 11.6 Å². The van der Waals surface area contributed by atoms with Crippen molar-refractivity contribution >= 4 is 52.4 Å². The Morgan fingerprint density at radius 1 is 1.07 bits per heavy atom. The number of amides is 2. The molecule has 1 aromatic carbocycles. The molecule has 0 saturated carbocycles. The van der Waals surface area contributed by atoms with E-state index in [2.05, 4.69) is 39.3 Å². The molecule has 3 heterocycles. The maximum absolute atomic E-state index is 13.5. The molecule has 0 radical (unpaired) electrons. The summed E-state index contributed by atoms with van der Waals surface area (Å²) in [7, 11) is 0. The summed E-state index contributed by atoms with van der Waals surface area (Å²) in [6.07, 6.45) is 0.790. The number of carbonyl (C=O) groups excluding carboxylic acids is 4. The average Bonchev–Trinajstić information content (AvgIpc) is 3.32. The number of anilines is 1. The van der Waals surface area contributed by atoms with Gasteiger partial charge in [0.15, 0.2) is 0 Å². The predicted octanol–water partition coefficient (Wildman–Crippen LogP) is 4.00. The van der Waals surface area contributed by atoms with Crippen LogP contribution in [-0.2, 0) is 25.5 Å². The SMILES string of the molecule is CCOC(=O)OC(C)OC(=O)c1ccc2nc(C(=O)NC3CCN(C(C)C)CC3)n(CC(=O)Nc3ccc(Cl)cn3)c2c1. The molecule has 13 nitrogen and oxygen atoms in total. The number of halogens is 1. The van der Waals surface area contributed by atoms with Crippen molar-refractivity contribution in [2.24, 2.45) is 0 Å². The number of piperidine rings is 1. The fourth-order valence-electron chi connectivity index (χ4n) is 4.70. The summed E-state index contributed by atoms with van der Waals surface area (Å²) >= 11 is 5.90. The standard InChI is InChI=1S/C29H35ClN6O7/c1-5-41-29(40)43-18(4)42-28(39)19-6-8-22-23(14-19)36(16-25(37)34-24-9-7-20(30)15-31-24)26(33-22)27(38)32-21-10-12-35(13-11-21)17(2)3/h6-9,14-15,17-18,21H,5,10-13,16H2,1-4H3,(H,32,38)(H,31,34,37). The van der Waals surface area contributed by atoms with E-state index in [9.17, 15) is 19.2 Å². The van der Waals surface area contributed by atoms with Crippen molar-refractivity contribution in [3.05, 3.63) is 52.9 Å². The second-order valence-corrected chi connectivity index (χ2v) is 10.7. The van der Waals surface area contributed by atoms with Crippen LogP contribution in [0.25, 0.3) is 11.0 Å². The van der Waals surface area contributed by atoms with Crippen molar-refractivity contribution in [2.75, 3.05) is 25.0 Å². The third-order valence-electron chi connectivity index (χ3n) is 6.88. The molecule has 2 aromatic heterocycles. The van der Waals surface area contributed by atoms with Crippen molar-refractivity contribution in [1.29, 1.82) is 0 Å². The summed E-state index contributed by atoms with van der Waals surface area (Å²) in [6.45, 7) is 8.81. The number of ether oxygens (including phenoxy) is 3. The molecule has 0 spiro atoms. The van der Waals surface area contributed by atoms with E-state index in [4.69, 9.17) is 25.8 Å². The van der Waals surface area contributed by atoms with E-state index >= 15 is 0 Å². The normalized spacial score (nSPS) is 14.7. The zero-order chi connectivity index (χ0) is 31.1. The lowest BCUT2D eigenvalue weighted by atomic mass is 10.0. The summed E-state index contributed by atoms with van der Waals surface area (Å²) in [5.74, 6) is -1.40. The minimum atomic E-state index is -1.21. The van der Waals surface area contributed by atoms with Gasteiger partial charge in [0.2, 0.25) is 18.0 Å². The first-order chi connectivity index (χ1) is 20.5. The molecular weight excluding hydrogens is 580 g/mol. The lowest BCUT2D eigenvalue weighted by molar-refractivity contribution is -0.116. The van der Waals surface area contributed by atoms with Gasteiger partial charge in [-0.15, -0.1) is 0 Å². The number of imidazole rings is 1. The smallest absolute Gasteiger partial charge is 0.435 e. The van der Waals surface area contributed by atoms with Crippen LogP contribution in [-0.4, -0.2) is 81.4 Å². The van der Waals surface area contributed by atoms with Crippen molar-refractivity contribution < 1.29 is 33.4 Å². The van der Waals surface area contributed by atoms with Gasteiger partial charge in [-0.2, -0.15) is 0 Å². The lowest BCUT2D eigenvalue weighted by Crippen LogP contribution is -2.47. The molecule has 2 amide bonds. The fourth-order valence-corrected chi connectivity index (χ4v) is 4.81. The van der Waals surface area contributed by atoms with Gasteiger partial charge in [0.05, 0.1) is 28.2 Å². The number of hydrogen-bond acceptors (Lipinski definition) is 10. The molecule has 3 aromatic rings. The van der Waals surface area contributed by atoms with Gasteiger partial charge in [0, 0.05) is 38.3 Å². The molecule has 1 atom stereocenters. The first-order valence-electron chi connectivity index (χ1n) is 14.0. The van der Waals surface area contributed by atoms with Crippen LogP contribution in [0.15, 0.2) is 36.5 Å². The maximum atomic E-state index is 13.5. The van der Waals surface area contributed by atoms with Gasteiger partial charge in [0.25, 0.3) is 5.91 Å². The number of nitrogens with one attached hydrogen (secondary N) is 2. The van der Waals surface area contributed by atoms with Gasteiger partial charge >= 0.3 is 12.1 Å². The second kappa shape index (κ2) is 14.3. The minimum absolute atomic E-state index is 0.0186. The third kappa shape index (κ3) is 8.42. The Labute approximate surface area is 253 Å². The van der Waals surface area contributed by atoms with E-state index in [1.807, 2.05) is 0 Å². The summed E-state index contributed by atoms with van der Waals surface area (Å²) in [6, 6.07) is 8.01. The van der Waals surface area contributed by atoms with Crippen molar-refractivity contribution in [1.82, 2.24) is 24.8 Å². The van der Waals surface area contributed by atoms with Gasteiger partial charge in [-0.1, -0.05) is 11.6 Å². The Bertz CT molecular complexity index is 1470. The summed E-state index contributed by atoms with van der Waals surface area (Å²) in [4.78, 5) is 61.9. The second-order valence-electron chi connectivity index (χ2n) is 10.3. The molecule has 1 aliphatic rings. The topological polar surface area (TPSA) is 154 Å². The Kier molecular flexibility index (Phi) is 10.5. The monoisotopic (exact) mass is 614 g/mol. The van der Waals surface area contributed by atoms with Crippen molar-refractivity contribution in [3.63, 3.8) is 0 Å². The Balaban J connectivity index is 1.58. The molecule has 43 heavy (non-hydrogen) atoms. The van der Waals surface area contributed by atoms with E-state index in [0.717, 1.165) is 25.9 Å². The number of fused-ring (bicyclic) bond motifs is 1. The highest BCUT2D eigenvalue weighted by Crippen LogP contribution is 2.21. The number of benzene rings is 1. The quantitative estimate of drug-likeness (QED) is 0.253. The number of nitrogens with zero attached hydrogens (tertiary/aromatic N) is 4. The van der Waals surface area contributed by atoms with Gasteiger partial charge in [0.1, 0.15) is 12.4 Å². The molecule has 0 bridgehead atoms. The van der Waals surface area contributed by atoms with Gasteiger partial charge in [-0.25, -0.2) is 19.6 Å². The van der Waals surface area contributed by atoms with Crippen molar-refractivity contribution in [3.8, 4) is 0 Å². The summed E-state index contributed by atoms with van der Waals surface area (Å²) < 4.78 is 16.3. The van der Waals surface area contributed by atoms with Crippen LogP contribution < -0.4 is 10.6 Å². The number of esters is 1. The number of likely N-dealkylation sites (tertiary alicyclic amines) is 1. The first-order valence-corrected chi connectivity index (χ1v) is 14.4. The number of carbonyl (C=O) groups is 4.